The van der Waals surface area contributed by atoms with Gasteiger partial charge in [-0.1, -0.05) is 115 Å². The minimum Gasteiger partial charge on any atom is -0.455 e. The third kappa shape index (κ3) is 4.70. The van der Waals surface area contributed by atoms with Crippen molar-refractivity contribution in [3.05, 3.63) is 194 Å². The van der Waals surface area contributed by atoms with E-state index in [-0.39, 0.29) is 0 Å². The second kappa shape index (κ2) is 12.2. The van der Waals surface area contributed by atoms with Gasteiger partial charge in [-0.25, -0.2) is 0 Å². The number of rotatable bonds is 5. The summed E-state index contributed by atoms with van der Waals surface area (Å²) in [5.41, 5.74) is 10.8. The SMILES string of the molecule is c1ccc(N(c2ccc(-c3cc(-n4c5ccccc5c5cc6ccccc6cc54)cc4c3oc3ccccc34)cc2)c2cccc3sc4ccccc4c23)cc1. The molecule has 0 bridgehead atoms. The molecule has 0 saturated heterocycles. The number of hydrogen-bond donors (Lipinski definition) is 0. The largest absolute Gasteiger partial charge is 0.455 e. The molecule has 0 spiro atoms. The van der Waals surface area contributed by atoms with Crippen LogP contribution in [0.25, 0.3) is 91.5 Å². The predicted molar refractivity (Wildman–Crippen MR) is 239 cm³/mol. The van der Waals surface area contributed by atoms with Gasteiger partial charge >= 0.3 is 0 Å². The van der Waals surface area contributed by atoms with Gasteiger partial charge in [0.15, 0.2) is 0 Å². The van der Waals surface area contributed by atoms with Crippen LogP contribution in [0, 0.1) is 0 Å². The summed E-state index contributed by atoms with van der Waals surface area (Å²) in [6.07, 6.45) is 0. The Bertz CT molecular complexity index is 3480. The van der Waals surface area contributed by atoms with Gasteiger partial charge in [0.2, 0.25) is 0 Å². The quantitative estimate of drug-likeness (QED) is 0.176. The first kappa shape index (κ1) is 31.2. The lowest BCUT2D eigenvalue weighted by Crippen LogP contribution is -2.10. The normalized spacial score (nSPS) is 11.9. The van der Waals surface area contributed by atoms with E-state index in [0.29, 0.717) is 0 Å². The zero-order valence-corrected chi connectivity index (χ0v) is 31.0. The maximum atomic E-state index is 6.72. The van der Waals surface area contributed by atoms with Gasteiger partial charge in [-0.3, -0.25) is 0 Å². The summed E-state index contributed by atoms with van der Waals surface area (Å²) in [6.45, 7) is 0. The fourth-order valence-electron chi connectivity index (χ4n) is 8.83. The topological polar surface area (TPSA) is 21.3 Å². The molecule has 56 heavy (non-hydrogen) atoms. The summed E-state index contributed by atoms with van der Waals surface area (Å²) in [4.78, 5) is 2.39. The van der Waals surface area contributed by atoms with Crippen LogP contribution in [0.3, 0.4) is 0 Å². The summed E-state index contributed by atoms with van der Waals surface area (Å²) in [6, 6.07) is 70.2. The van der Waals surface area contributed by atoms with Crippen LogP contribution in [0.4, 0.5) is 17.1 Å². The number of aromatic nitrogens is 1. The molecule has 0 atom stereocenters. The van der Waals surface area contributed by atoms with Gasteiger partial charge in [-0.2, -0.15) is 0 Å². The molecule has 0 fully saturated rings. The van der Waals surface area contributed by atoms with Crippen molar-refractivity contribution in [1.29, 1.82) is 0 Å². The fourth-order valence-corrected chi connectivity index (χ4v) is 9.95. The fraction of sp³-hybridized carbons (Fsp3) is 0. The molecular formula is C52H32N2OS. The van der Waals surface area contributed by atoms with E-state index in [1.54, 1.807) is 0 Å². The van der Waals surface area contributed by atoms with Crippen molar-refractivity contribution >= 4 is 103 Å². The Morgan fingerprint density at radius 3 is 1.98 bits per heavy atom. The van der Waals surface area contributed by atoms with Gasteiger partial charge in [0.05, 0.1) is 16.7 Å². The van der Waals surface area contributed by atoms with E-state index in [2.05, 4.69) is 198 Å². The first-order chi connectivity index (χ1) is 27.8. The third-order valence-electron chi connectivity index (χ3n) is 11.3. The Kier molecular flexibility index (Phi) is 6.80. The minimum absolute atomic E-state index is 0.886. The highest BCUT2D eigenvalue weighted by molar-refractivity contribution is 7.26. The molecule has 0 N–H and O–H groups in total. The van der Waals surface area contributed by atoms with E-state index >= 15 is 0 Å². The maximum absolute atomic E-state index is 6.72. The van der Waals surface area contributed by atoms with Crippen molar-refractivity contribution in [3.63, 3.8) is 0 Å². The van der Waals surface area contributed by atoms with Crippen molar-refractivity contribution in [2.24, 2.45) is 0 Å². The monoisotopic (exact) mass is 732 g/mol. The summed E-state index contributed by atoms with van der Waals surface area (Å²) < 4.78 is 11.7. The second-order valence-corrected chi connectivity index (χ2v) is 15.6. The summed E-state index contributed by atoms with van der Waals surface area (Å²) >= 11 is 1.85. The average Bonchev–Trinajstić information content (AvgIpc) is 3.93. The zero-order valence-electron chi connectivity index (χ0n) is 30.2. The maximum Gasteiger partial charge on any atom is 0.143 e. The van der Waals surface area contributed by atoms with Crippen molar-refractivity contribution in [1.82, 2.24) is 4.57 Å². The lowest BCUT2D eigenvalue weighted by Gasteiger charge is -2.26. The van der Waals surface area contributed by atoms with E-state index in [1.807, 2.05) is 17.4 Å². The van der Waals surface area contributed by atoms with Gasteiger partial charge in [-0.15, -0.1) is 11.3 Å². The van der Waals surface area contributed by atoms with Crippen LogP contribution in [0.5, 0.6) is 0 Å². The number of thiophene rings is 1. The summed E-state index contributed by atoms with van der Waals surface area (Å²) in [7, 11) is 0. The zero-order chi connectivity index (χ0) is 36.7. The third-order valence-corrected chi connectivity index (χ3v) is 12.5. The van der Waals surface area contributed by atoms with Crippen LogP contribution >= 0.6 is 11.3 Å². The summed E-state index contributed by atoms with van der Waals surface area (Å²) in [5, 5.41) is 9.73. The lowest BCUT2D eigenvalue weighted by molar-refractivity contribution is 0.670. The molecule has 0 amide bonds. The second-order valence-electron chi connectivity index (χ2n) is 14.5. The van der Waals surface area contributed by atoms with Crippen molar-refractivity contribution in [2.45, 2.75) is 0 Å². The molecule has 0 unspecified atom stereocenters. The lowest BCUT2D eigenvalue weighted by atomic mass is 10.00. The van der Waals surface area contributed by atoms with E-state index in [9.17, 15) is 0 Å². The molecule has 12 aromatic rings. The van der Waals surface area contributed by atoms with Crippen LogP contribution in [0.15, 0.2) is 199 Å². The Morgan fingerprint density at radius 2 is 1.12 bits per heavy atom. The van der Waals surface area contributed by atoms with Crippen molar-refractivity contribution < 1.29 is 4.42 Å². The highest BCUT2D eigenvalue weighted by Gasteiger charge is 2.21. The first-order valence-corrected chi connectivity index (χ1v) is 19.8. The van der Waals surface area contributed by atoms with Gasteiger partial charge in [0.1, 0.15) is 11.2 Å². The molecule has 0 radical (unpaired) electrons. The molecule has 0 aliphatic rings. The van der Waals surface area contributed by atoms with Crippen molar-refractivity contribution in [2.75, 3.05) is 4.90 Å². The van der Waals surface area contributed by atoms with Crippen LogP contribution in [-0.4, -0.2) is 4.57 Å². The number of anilines is 3. The molecule has 3 heterocycles. The van der Waals surface area contributed by atoms with Crippen LogP contribution in [0.1, 0.15) is 0 Å². The van der Waals surface area contributed by atoms with E-state index < -0.39 is 0 Å². The number of fused-ring (bicyclic) bond motifs is 10. The van der Waals surface area contributed by atoms with Crippen molar-refractivity contribution in [3.8, 4) is 16.8 Å². The highest BCUT2D eigenvalue weighted by Crippen LogP contribution is 2.46. The van der Waals surface area contributed by atoms with Crippen LogP contribution in [-0.2, 0) is 0 Å². The van der Waals surface area contributed by atoms with Gasteiger partial charge in [0.25, 0.3) is 0 Å². The molecular weight excluding hydrogens is 701 g/mol. The van der Waals surface area contributed by atoms with E-state index in [1.165, 1.54) is 58.4 Å². The molecule has 4 heteroatoms. The average molecular weight is 733 g/mol. The van der Waals surface area contributed by atoms with E-state index in [4.69, 9.17) is 4.42 Å². The molecule has 0 aliphatic heterocycles. The predicted octanol–water partition coefficient (Wildman–Crippen LogP) is 15.3. The number of para-hydroxylation sites is 3. The standard InChI is InChI=1S/C52H32N2OS/c1-2-15-36(16-3-1)53(46-21-12-24-50-51(46)41-19-8-11-23-49(41)56-50)37-27-25-33(26-28-37)42-31-38(32-44-40-18-7-10-22-48(40)55-52(42)44)54-45-20-9-6-17-39(45)43-29-34-13-4-5-14-35(34)30-47(43)54/h1-32H. The molecule has 262 valence electrons. The molecule has 0 saturated carbocycles. The number of furan rings is 1. The smallest absolute Gasteiger partial charge is 0.143 e. The van der Waals surface area contributed by atoms with Crippen LogP contribution in [0.2, 0.25) is 0 Å². The minimum atomic E-state index is 0.886. The number of hydrogen-bond acceptors (Lipinski definition) is 3. The first-order valence-electron chi connectivity index (χ1n) is 19.0. The van der Waals surface area contributed by atoms with Gasteiger partial charge in [0, 0.05) is 64.3 Å². The molecule has 3 nitrogen and oxygen atoms in total. The Morgan fingerprint density at radius 1 is 0.446 bits per heavy atom. The number of benzene rings is 9. The Balaban J connectivity index is 1.08. The molecule has 0 aliphatic carbocycles. The van der Waals surface area contributed by atoms with Crippen LogP contribution < -0.4 is 4.90 Å². The Hall–Kier alpha value is -7.14. The molecule has 9 aromatic carbocycles. The highest BCUT2D eigenvalue weighted by atomic mass is 32.1. The van der Waals surface area contributed by atoms with E-state index in [0.717, 1.165) is 50.1 Å². The number of nitrogens with zero attached hydrogens (tertiary/aromatic N) is 2. The molecule has 12 rings (SSSR count). The Labute approximate surface area is 326 Å². The molecule has 3 aromatic heterocycles. The van der Waals surface area contributed by atoms with Gasteiger partial charge < -0.3 is 13.9 Å². The summed E-state index contributed by atoms with van der Waals surface area (Å²) in [5.74, 6) is 0. The van der Waals surface area contributed by atoms with Gasteiger partial charge in [-0.05, 0) is 95.2 Å².